The molecule has 0 saturated heterocycles. The molecule has 1 nitrogen and oxygen atoms in total. The molecule has 0 aliphatic rings. The summed E-state index contributed by atoms with van der Waals surface area (Å²) in [6.07, 6.45) is 0. The van der Waals surface area contributed by atoms with E-state index in [4.69, 9.17) is 0 Å². The van der Waals surface area contributed by atoms with Crippen molar-refractivity contribution in [3.05, 3.63) is 7.43 Å². The van der Waals surface area contributed by atoms with Gasteiger partial charge in [0.15, 0.2) is 0 Å². The smallest absolute Gasteiger partial charge is 0 e. The van der Waals surface area contributed by atoms with E-state index in [2.05, 4.69) is 0 Å². The first-order valence-corrected chi connectivity index (χ1v) is 0. The molecule has 0 aliphatic carbocycles. The molecule has 0 heterocycles. The van der Waals surface area contributed by atoms with Gasteiger partial charge in [-0.1, -0.05) is 0 Å². The number of rotatable bonds is 0. The van der Waals surface area contributed by atoms with Gasteiger partial charge < -0.3 is 0 Å². The number of hydrogen-bond donors (Lipinski definition) is 0. The van der Waals surface area contributed by atoms with E-state index in [1.54, 1.807) is 0 Å². The zero-order chi connectivity index (χ0) is 0. The van der Waals surface area contributed by atoms with Crippen LogP contribution in [0.3, 0.4) is 0 Å². The Morgan fingerprint density at radius 2 is 1.00 bits per heavy atom. The summed E-state index contributed by atoms with van der Waals surface area (Å²) < 4.78 is 0. The molecular weight excluding hydrogens is 106 g/mol. The molecule has 0 rings (SSSR count). The van der Waals surface area contributed by atoms with Gasteiger partial charge in [-0.15, -0.1) is 0 Å². The minimum atomic E-state index is 0. The predicted molar refractivity (Wildman–Crippen MR) is 11.1 cm³/mol. The second kappa shape index (κ2) is 54.1. The van der Waals surface area contributed by atoms with Gasteiger partial charge in [0.25, 0.3) is 0 Å². The molecule has 0 aromatic rings. The SMILES string of the molecule is [C].[Cr].[N].[Si]. The second-order valence-electron chi connectivity index (χ2n) is 0. The van der Waals surface area contributed by atoms with Crippen molar-refractivity contribution in [3.63, 3.8) is 0 Å². The van der Waals surface area contributed by atoms with E-state index in [-0.39, 0.29) is 41.9 Å². The fourth-order valence-electron chi connectivity index (χ4n) is 0. The van der Waals surface area contributed by atoms with Gasteiger partial charge in [0, 0.05) is 41.9 Å². The summed E-state index contributed by atoms with van der Waals surface area (Å²) >= 11 is 0. The van der Waals surface area contributed by atoms with E-state index in [1.807, 2.05) is 0 Å². The average Bonchev–Trinajstić information content (AvgIpc) is 0. The van der Waals surface area contributed by atoms with Gasteiger partial charge >= 0.3 is 0 Å². The van der Waals surface area contributed by atoms with Gasteiger partial charge in [0.2, 0.25) is 0 Å². The summed E-state index contributed by atoms with van der Waals surface area (Å²) in [4.78, 5) is 0. The summed E-state index contributed by atoms with van der Waals surface area (Å²) in [5.41, 5.74) is 0. The van der Waals surface area contributed by atoms with Crippen molar-refractivity contribution in [2.75, 3.05) is 0 Å². The largest absolute Gasteiger partial charge is 0 e. The molecule has 11 radical (unpaired) electrons. The van der Waals surface area contributed by atoms with Crippen molar-refractivity contribution in [1.82, 2.24) is 6.15 Å². The Morgan fingerprint density at radius 1 is 1.00 bits per heavy atom. The van der Waals surface area contributed by atoms with Crippen molar-refractivity contribution < 1.29 is 17.4 Å². The van der Waals surface area contributed by atoms with Crippen LogP contribution in [0.25, 0.3) is 0 Å². The van der Waals surface area contributed by atoms with Gasteiger partial charge in [0.05, 0.1) is 0 Å². The van der Waals surface area contributed by atoms with E-state index in [9.17, 15) is 0 Å². The van der Waals surface area contributed by atoms with Crippen LogP contribution in [0.2, 0.25) is 0 Å². The number of hydrogen-bond acceptors (Lipinski definition) is 0. The van der Waals surface area contributed by atoms with Gasteiger partial charge in [-0.3, -0.25) is 0 Å². The van der Waals surface area contributed by atoms with Crippen LogP contribution in [0.5, 0.6) is 0 Å². The maximum atomic E-state index is 0. The quantitative estimate of drug-likeness (QED) is 0.363. The molecule has 0 saturated carbocycles. The third-order valence-electron chi connectivity index (χ3n) is 0. The second-order valence-corrected chi connectivity index (χ2v) is 0. The molecule has 0 aromatic carbocycles. The van der Waals surface area contributed by atoms with E-state index in [0.717, 1.165) is 0 Å². The molecule has 0 aliphatic heterocycles. The summed E-state index contributed by atoms with van der Waals surface area (Å²) in [5.74, 6) is 0. The maximum absolute atomic E-state index is 0. The minimum Gasteiger partial charge on any atom is 0 e. The zero-order valence-corrected chi connectivity index (χ0v) is 4.13. The topological polar surface area (TPSA) is 30.5 Å². The predicted octanol–water partition coefficient (Wildman–Crippen LogP) is -0.783. The molecular formula is CCrNSi. The number of nitrogens with zero attached hydrogens (tertiary/aromatic N) is 1. The van der Waals surface area contributed by atoms with Crippen LogP contribution in [-0.2, 0) is 17.4 Å². The minimum absolute atomic E-state index is 0. The third kappa shape index (κ3) is 15.7. The molecule has 0 unspecified atom stereocenters. The van der Waals surface area contributed by atoms with E-state index in [1.165, 1.54) is 0 Å². The van der Waals surface area contributed by atoms with E-state index in [0.29, 0.717) is 0 Å². The molecule has 0 spiro atoms. The molecule has 0 amide bonds. The molecule has 0 aromatic heterocycles. The fraction of sp³-hybridized carbons (Fsp3) is 0. The normalized spacial score (nSPS) is 0. The summed E-state index contributed by atoms with van der Waals surface area (Å²) in [5, 5.41) is 0. The molecule has 0 N–H and O–H groups in total. The molecule has 0 fully saturated rings. The third-order valence-corrected chi connectivity index (χ3v) is 0. The van der Waals surface area contributed by atoms with Crippen LogP contribution >= 0.6 is 0 Å². The van der Waals surface area contributed by atoms with Gasteiger partial charge in [-0.25, -0.2) is 0 Å². The van der Waals surface area contributed by atoms with Gasteiger partial charge in [0.1, 0.15) is 0 Å². The first-order valence-electron chi connectivity index (χ1n) is 0. The van der Waals surface area contributed by atoms with Crippen LogP contribution in [0.4, 0.5) is 0 Å². The molecule has 0 bridgehead atoms. The molecule has 19 valence electrons. The fourth-order valence-corrected chi connectivity index (χ4v) is 0. The van der Waals surface area contributed by atoms with Crippen molar-refractivity contribution in [3.8, 4) is 0 Å². The summed E-state index contributed by atoms with van der Waals surface area (Å²) in [6.45, 7) is 0. The zero-order valence-electron chi connectivity index (χ0n) is 1.86. The first kappa shape index (κ1) is 129. The Balaban J connectivity index is 0. The molecule has 3 heteroatoms. The van der Waals surface area contributed by atoms with Crippen LogP contribution in [0.15, 0.2) is 0 Å². The first-order chi connectivity index (χ1) is 0. The maximum Gasteiger partial charge on any atom is 0 e. The van der Waals surface area contributed by atoms with Crippen LogP contribution in [0.1, 0.15) is 0 Å². The van der Waals surface area contributed by atoms with Crippen molar-refractivity contribution >= 4 is 11.0 Å². The van der Waals surface area contributed by atoms with Crippen LogP contribution in [-0.4, -0.2) is 11.0 Å². The van der Waals surface area contributed by atoms with Gasteiger partial charge in [-0.05, 0) is 0 Å². The van der Waals surface area contributed by atoms with Crippen molar-refractivity contribution in [1.29, 1.82) is 0 Å². The van der Waals surface area contributed by atoms with E-state index < -0.39 is 0 Å². The average molecular weight is 106 g/mol. The molecule has 4 heavy (non-hydrogen) atoms. The monoisotopic (exact) mass is 106 g/mol. The van der Waals surface area contributed by atoms with E-state index >= 15 is 0 Å². The van der Waals surface area contributed by atoms with Crippen molar-refractivity contribution in [2.45, 2.75) is 0 Å². The van der Waals surface area contributed by atoms with Crippen LogP contribution < -0.4 is 6.15 Å². The summed E-state index contributed by atoms with van der Waals surface area (Å²) in [7, 11) is 0. The standard InChI is InChI=1S/C.Cr.N.Si. The summed E-state index contributed by atoms with van der Waals surface area (Å²) in [6, 6.07) is 0. The molecule has 0 atom stereocenters. The van der Waals surface area contributed by atoms with Crippen LogP contribution in [0, 0.1) is 7.43 Å². The Bertz CT molecular complexity index is 8.00. The van der Waals surface area contributed by atoms with Crippen molar-refractivity contribution in [2.24, 2.45) is 0 Å². The Morgan fingerprint density at radius 3 is 1.00 bits per heavy atom. The van der Waals surface area contributed by atoms with Gasteiger partial charge in [-0.2, -0.15) is 0 Å². The Kier molecular flexibility index (Phi) is 1740. The Labute approximate surface area is 42.5 Å². The Hall–Kier alpha value is 0.709.